The molecule has 4 aromatic rings. The van der Waals surface area contributed by atoms with Gasteiger partial charge >= 0.3 is 4.87 Å². The van der Waals surface area contributed by atoms with Gasteiger partial charge in [-0.15, -0.1) is 0 Å². The molecule has 0 fully saturated rings. The molecule has 1 N–H and O–H groups in total. The zero-order chi connectivity index (χ0) is 20.4. The number of pyridine rings is 1. The minimum Gasteiger partial charge on any atom is -0.294 e. The SMILES string of the molecule is O=c1sc2cc(S(=O)(=O)NCc3cccnc3)ccc2n1Cc1ccccc1Cl. The van der Waals surface area contributed by atoms with Crippen LogP contribution in [0, 0.1) is 0 Å². The van der Waals surface area contributed by atoms with E-state index in [1.807, 2.05) is 18.2 Å². The predicted octanol–water partition coefficient (Wildman–Crippen LogP) is 3.64. The molecule has 2 heterocycles. The number of nitrogens with zero attached hydrogens (tertiary/aromatic N) is 2. The molecular weight excluding hydrogens is 430 g/mol. The molecule has 29 heavy (non-hydrogen) atoms. The zero-order valence-corrected chi connectivity index (χ0v) is 17.5. The molecular formula is C20H16ClN3O3S2. The number of halogens is 1. The van der Waals surface area contributed by atoms with Crippen molar-refractivity contribution in [3.8, 4) is 0 Å². The van der Waals surface area contributed by atoms with E-state index in [4.69, 9.17) is 11.6 Å². The van der Waals surface area contributed by atoms with E-state index in [2.05, 4.69) is 9.71 Å². The molecule has 2 aromatic heterocycles. The first-order valence-electron chi connectivity index (χ1n) is 8.69. The Morgan fingerprint density at radius 2 is 1.93 bits per heavy atom. The van der Waals surface area contributed by atoms with E-state index in [-0.39, 0.29) is 16.3 Å². The predicted molar refractivity (Wildman–Crippen MR) is 115 cm³/mol. The van der Waals surface area contributed by atoms with Gasteiger partial charge in [0.05, 0.1) is 21.7 Å². The number of benzene rings is 2. The van der Waals surface area contributed by atoms with E-state index in [9.17, 15) is 13.2 Å². The summed E-state index contributed by atoms with van der Waals surface area (Å²) in [5.41, 5.74) is 2.25. The molecule has 4 rings (SSSR count). The minimum atomic E-state index is -3.72. The molecule has 0 radical (unpaired) electrons. The van der Waals surface area contributed by atoms with Crippen molar-refractivity contribution >= 4 is 43.2 Å². The Balaban J connectivity index is 1.63. The largest absolute Gasteiger partial charge is 0.308 e. The molecule has 0 spiro atoms. The Morgan fingerprint density at radius 3 is 2.69 bits per heavy atom. The fourth-order valence-electron chi connectivity index (χ4n) is 2.92. The number of fused-ring (bicyclic) bond motifs is 1. The van der Waals surface area contributed by atoms with E-state index < -0.39 is 10.0 Å². The molecule has 2 aromatic carbocycles. The minimum absolute atomic E-state index is 0.111. The van der Waals surface area contributed by atoms with Gasteiger partial charge in [0.25, 0.3) is 0 Å². The second-order valence-electron chi connectivity index (χ2n) is 6.36. The summed E-state index contributed by atoms with van der Waals surface area (Å²) in [7, 11) is -3.72. The third-order valence-corrected chi connectivity index (χ3v) is 7.13. The lowest BCUT2D eigenvalue weighted by molar-refractivity contribution is 0.581. The smallest absolute Gasteiger partial charge is 0.294 e. The number of hydrogen-bond donors (Lipinski definition) is 1. The Hall–Kier alpha value is -2.52. The molecule has 0 aliphatic rings. The van der Waals surface area contributed by atoms with Crippen LogP contribution in [0.2, 0.25) is 5.02 Å². The fraction of sp³-hybridized carbons (Fsp3) is 0.100. The molecule has 0 saturated carbocycles. The number of aromatic nitrogens is 2. The first kappa shape index (κ1) is 19.8. The molecule has 6 nitrogen and oxygen atoms in total. The molecule has 0 aliphatic carbocycles. The van der Waals surface area contributed by atoms with Gasteiger partial charge in [0.1, 0.15) is 0 Å². The second kappa shape index (κ2) is 8.08. The van der Waals surface area contributed by atoms with Crippen LogP contribution < -0.4 is 9.60 Å². The van der Waals surface area contributed by atoms with Gasteiger partial charge in [0.2, 0.25) is 10.0 Å². The lowest BCUT2D eigenvalue weighted by Gasteiger charge is -2.08. The first-order valence-corrected chi connectivity index (χ1v) is 11.4. The van der Waals surface area contributed by atoms with Crippen molar-refractivity contribution in [3.63, 3.8) is 0 Å². The van der Waals surface area contributed by atoms with Gasteiger partial charge in [-0.2, -0.15) is 0 Å². The van der Waals surface area contributed by atoms with Crippen molar-refractivity contribution in [3.05, 3.63) is 92.8 Å². The van der Waals surface area contributed by atoms with Crippen LogP contribution in [0.4, 0.5) is 0 Å². The molecule has 0 bridgehead atoms. The van der Waals surface area contributed by atoms with Crippen LogP contribution in [-0.2, 0) is 23.1 Å². The molecule has 0 unspecified atom stereocenters. The van der Waals surface area contributed by atoms with E-state index in [0.29, 0.717) is 21.8 Å². The normalized spacial score (nSPS) is 11.8. The van der Waals surface area contributed by atoms with Crippen molar-refractivity contribution in [2.75, 3.05) is 0 Å². The van der Waals surface area contributed by atoms with Gasteiger partial charge in [-0.1, -0.05) is 47.2 Å². The highest BCUT2D eigenvalue weighted by atomic mass is 35.5. The average molecular weight is 446 g/mol. The summed E-state index contributed by atoms with van der Waals surface area (Å²) in [6.07, 6.45) is 3.23. The Morgan fingerprint density at radius 1 is 1.10 bits per heavy atom. The number of rotatable bonds is 6. The van der Waals surface area contributed by atoms with Gasteiger partial charge < -0.3 is 0 Å². The third kappa shape index (κ3) is 4.25. The van der Waals surface area contributed by atoms with Gasteiger partial charge in [-0.25, -0.2) is 13.1 Å². The Kier molecular flexibility index (Phi) is 5.51. The summed E-state index contributed by atoms with van der Waals surface area (Å²) in [6.45, 7) is 0.460. The van der Waals surface area contributed by atoms with Crippen LogP contribution in [0.25, 0.3) is 10.2 Å². The number of sulfonamides is 1. The maximum absolute atomic E-state index is 12.6. The van der Waals surface area contributed by atoms with E-state index in [0.717, 1.165) is 22.5 Å². The second-order valence-corrected chi connectivity index (χ2v) is 9.53. The molecule has 0 atom stereocenters. The third-order valence-electron chi connectivity index (χ3n) is 4.43. The molecule has 0 amide bonds. The van der Waals surface area contributed by atoms with Crippen LogP contribution in [0.1, 0.15) is 11.1 Å². The lowest BCUT2D eigenvalue weighted by atomic mass is 10.2. The van der Waals surface area contributed by atoms with Crippen molar-refractivity contribution < 1.29 is 8.42 Å². The quantitative estimate of drug-likeness (QED) is 0.491. The van der Waals surface area contributed by atoms with Gasteiger partial charge in [-0.05, 0) is 41.5 Å². The summed E-state index contributed by atoms with van der Waals surface area (Å²) in [5.74, 6) is 0. The van der Waals surface area contributed by atoms with Gasteiger partial charge in [0, 0.05) is 24.0 Å². The van der Waals surface area contributed by atoms with Crippen LogP contribution in [0.3, 0.4) is 0 Å². The Labute approximate surface area is 176 Å². The van der Waals surface area contributed by atoms with Crippen molar-refractivity contribution in [1.29, 1.82) is 0 Å². The molecule has 148 valence electrons. The van der Waals surface area contributed by atoms with E-state index >= 15 is 0 Å². The molecule has 0 aliphatic heterocycles. The highest BCUT2D eigenvalue weighted by Crippen LogP contribution is 2.24. The first-order chi connectivity index (χ1) is 13.9. The summed E-state index contributed by atoms with van der Waals surface area (Å²) in [6, 6.07) is 15.5. The zero-order valence-electron chi connectivity index (χ0n) is 15.1. The van der Waals surface area contributed by atoms with Crippen LogP contribution in [0.15, 0.2) is 76.7 Å². The van der Waals surface area contributed by atoms with Crippen molar-refractivity contribution in [2.24, 2.45) is 0 Å². The highest BCUT2D eigenvalue weighted by Gasteiger charge is 2.17. The topological polar surface area (TPSA) is 81.1 Å². The summed E-state index contributed by atoms with van der Waals surface area (Å²) in [4.78, 5) is 16.4. The number of hydrogen-bond acceptors (Lipinski definition) is 5. The van der Waals surface area contributed by atoms with Crippen LogP contribution >= 0.6 is 22.9 Å². The van der Waals surface area contributed by atoms with Crippen molar-refractivity contribution in [1.82, 2.24) is 14.3 Å². The standard InChI is InChI=1S/C20H16ClN3O3S2/c21-17-6-2-1-5-15(17)13-24-18-8-7-16(10-19(18)28-20(24)25)29(26,27)23-12-14-4-3-9-22-11-14/h1-11,23H,12-13H2. The monoisotopic (exact) mass is 445 g/mol. The van der Waals surface area contributed by atoms with E-state index in [1.54, 1.807) is 41.2 Å². The molecule has 9 heteroatoms. The van der Waals surface area contributed by atoms with Gasteiger partial charge in [0.15, 0.2) is 0 Å². The highest BCUT2D eigenvalue weighted by molar-refractivity contribution is 7.89. The summed E-state index contributed by atoms with van der Waals surface area (Å²) in [5, 5.41) is 0.581. The molecule has 0 saturated heterocycles. The van der Waals surface area contributed by atoms with E-state index in [1.165, 1.54) is 12.1 Å². The average Bonchev–Trinajstić information content (AvgIpc) is 3.03. The summed E-state index contributed by atoms with van der Waals surface area (Å²) < 4.78 is 30.1. The fourth-order valence-corrected chi connectivity index (χ4v) is 5.17. The number of nitrogens with one attached hydrogen (secondary N) is 1. The van der Waals surface area contributed by atoms with Gasteiger partial charge in [-0.3, -0.25) is 14.3 Å². The van der Waals surface area contributed by atoms with Crippen LogP contribution in [-0.4, -0.2) is 18.0 Å². The maximum Gasteiger partial charge on any atom is 0.308 e. The maximum atomic E-state index is 12.6. The lowest BCUT2D eigenvalue weighted by Crippen LogP contribution is -2.23. The van der Waals surface area contributed by atoms with Crippen LogP contribution in [0.5, 0.6) is 0 Å². The summed E-state index contributed by atoms with van der Waals surface area (Å²) >= 11 is 7.22. The Bertz CT molecular complexity index is 1330. The van der Waals surface area contributed by atoms with Crippen molar-refractivity contribution in [2.45, 2.75) is 18.0 Å². The number of thiazole rings is 1.